The van der Waals surface area contributed by atoms with E-state index in [2.05, 4.69) is 18.9 Å². The van der Waals surface area contributed by atoms with E-state index >= 15 is 0 Å². The van der Waals surface area contributed by atoms with Crippen molar-refractivity contribution in [3.8, 4) is 11.5 Å². The standard InChI is InChI=1S/C28H27F3N2O4/c1-26(2,20-9-5-4-6-10-20)21-12-14-22(15-13-21)37-18-25(34)33-27(35,28(29,30)31)17-24(32-33)19-8-7-11-23(16-19)36-3/h4-16,35H,17-18H2,1-3H3/t27-/m1/s1. The number of halogens is 3. The summed E-state index contributed by atoms with van der Waals surface area (Å²) in [6.45, 7) is 3.41. The Labute approximate surface area is 212 Å². The van der Waals surface area contributed by atoms with Crippen LogP contribution in [0.25, 0.3) is 0 Å². The van der Waals surface area contributed by atoms with Gasteiger partial charge in [-0.1, -0.05) is 68.4 Å². The molecule has 0 spiro atoms. The third kappa shape index (κ3) is 5.17. The zero-order chi connectivity index (χ0) is 26.8. The van der Waals surface area contributed by atoms with E-state index in [0.29, 0.717) is 17.1 Å². The van der Waals surface area contributed by atoms with Crippen molar-refractivity contribution >= 4 is 11.6 Å². The molecule has 1 atom stereocenters. The van der Waals surface area contributed by atoms with E-state index in [-0.39, 0.29) is 16.1 Å². The number of methoxy groups -OCH3 is 1. The second kappa shape index (κ2) is 9.89. The molecule has 0 unspecified atom stereocenters. The van der Waals surface area contributed by atoms with Gasteiger partial charge in [-0.2, -0.15) is 23.3 Å². The summed E-state index contributed by atoms with van der Waals surface area (Å²) in [6.07, 6.45) is -6.06. The van der Waals surface area contributed by atoms with Crippen LogP contribution in [0.3, 0.4) is 0 Å². The zero-order valence-corrected chi connectivity index (χ0v) is 20.6. The fourth-order valence-electron chi connectivity index (χ4n) is 4.19. The molecular formula is C28H27F3N2O4. The van der Waals surface area contributed by atoms with Gasteiger partial charge in [-0.15, -0.1) is 0 Å². The van der Waals surface area contributed by atoms with Gasteiger partial charge in [0.15, 0.2) is 6.61 Å². The monoisotopic (exact) mass is 512 g/mol. The first-order valence-electron chi connectivity index (χ1n) is 11.6. The molecule has 6 nitrogen and oxygen atoms in total. The maximum Gasteiger partial charge on any atom is 0.438 e. The first-order chi connectivity index (χ1) is 17.5. The highest BCUT2D eigenvalue weighted by molar-refractivity contribution is 6.03. The first kappa shape index (κ1) is 26.2. The predicted octanol–water partition coefficient (Wildman–Crippen LogP) is 5.29. The van der Waals surface area contributed by atoms with Crippen molar-refractivity contribution in [2.24, 2.45) is 5.10 Å². The summed E-state index contributed by atoms with van der Waals surface area (Å²) >= 11 is 0. The van der Waals surface area contributed by atoms with Crippen molar-refractivity contribution in [2.45, 2.75) is 37.6 Å². The van der Waals surface area contributed by atoms with Crippen LogP contribution < -0.4 is 9.47 Å². The lowest BCUT2D eigenvalue weighted by atomic mass is 9.78. The molecule has 4 rings (SSSR count). The normalized spacial score (nSPS) is 17.9. The highest BCUT2D eigenvalue weighted by Crippen LogP contribution is 2.41. The van der Waals surface area contributed by atoms with Gasteiger partial charge >= 0.3 is 6.18 Å². The number of rotatable bonds is 7. The average Bonchev–Trinajstić information content (AvgIpc) is 3.27. The molecule has 0 saturated carbocycles. The molecule has 9 heteroatoms. The fourth-order valence-corrected chi connectivity index (χ4v) is 4.19. The van der Waals surface area contributed by atoms with Crippen LogP contribution in [-0.4, -0.2) is 47.4 Å². The number of aliphatic hydroxyl groups is 1. The Bertz CT molecular complexity index is 1290. The molecule has 0 bridgehead atoms. The summed E-state index contributed by atoms with van der Waals surface area (Å²) in [5.74, 6) is -0.429. The van der Waals surface area contributed by atoms with E-state index < -0.39 is 30.8 Å². The largest absolute Gasteiger partial charge is 0.497 e. The number of ether oxygens (including phenoxy) is 2. The van der Waals surface area contributed by atoms with Gasteiger partial charge < -0.3 is 14.6 Å². The summed E-state index contributed by atoms with van der Waals surface area (Å²) in [5.41, 5.74) is -1.47. The molecule has 1 amide bonds. The second-order valence-electron chi connectivity index (χ2n) is 9.28. The van der Waals surface area contributed by atoms with Gasteiger partial charge in [0, 0.05) is 11.0 Å². The van der Waals surface area contributed by atoms with E-state index in [9.17, 15) is 23.1 Å². The number of carbonyl (C=O) groups excluding carboxylic acids is 1. The van der Waals surface area contributed by atoms with Crippen molar-refractivity contribution in [1.29, 1.82) is 0 Å². The molecule has 1 aliphatic heterocycles. The van der Waals surface area contributed by atoms with Crippen LogP contribution in [0, 0.1) is 0 Å². The van der Waals surface area contributed by atoms with E-state index in [1.807, 2.05) is 42.5 Å². The molecule has 194 valence electrons. The number of alkyl halides is 3. The van der Waals surface area contributed by atoms with Crippen molar-refractivity contribution in [2.75, 3.05) is 13.7 Å². The molecular weight excluding hydrogens is 485 g/mol. The number of nitrogens with zero attached hydrogens (tertiary/aromatic N) is 2. The summed E-state index contributed by atoms with van der Waals surface area (Å²) in [5, 5.41) is 14.4. The molecule has 3 aromatic carbocycles. The Hall–Kier alpha value is -3.85. The zero-order valence-electron chi connectivity index (χ0n) is 20.6. The lowest BCUT2D eigenvalue weighted by molar-refractivity contribution is -0.302. The Morgan fingerprint density at radius 2 is 1.62 bits per heavy atom. The summed E-state index contributed by atoms with van der Waals surface area (Å²) in [4.78, 5) is 12.8. The maximum atomic E-state index is 13.9. The van der Waals surface area contributed by atoms with Gasteiger partial charge in [0.2, 0.25) is 0 Å². The Balaban J connectivity index is 1.51. The molecule has 0 aliphatic carbocycles. The van der Waals surface area contributed by atoms with Crippen LogP contribution in [0.2, 0.25) is 0 Å². The minimum atomic E-state index is -5.14. The van der Waals surface area contributed by atoms with Crippen LogP contribution in [0.15, 0.2) is 84.0 Å². The van der Waals surface area contributed by atoms with Gasteiger partial charge in [0.1, 0.15) is 11.5 Å². The molecule has 0 radical (unpaired) electrons. The summed E-state index contributed by atoms with van der Waals surface area (Å²) < 4.78 is 52.2. The number of hydrogen-bond acceptors (Lipinski definition) is 5. The first-order valence-corrected chi connectivity index (χ1v) is 11.6. The van der Waals surface area contributed by atoms with E-state index in [0.717, 1.165) is 11.1 Å². The average molecular weight is 513 g/mol. The molecule has 0 aromatic heterocycles. The second-order valence-corrected chi connectivity index (χ2v) is 9.28. The highest BCUT2D eigenvalue weighted by Gasteiger charge is 2.63. The third-order valence-electron chi connectivity index (χ3n) is 6.51. The molecule has 3 aromatic rings. The minimum Gasteiger partial charge on any atom is -0.497 e. The summed E-state index contributed by atoms with van der Waals surface area (Å²) in [6, 6.07) is 23.1. The smallest absolute Gasteiger partial charge is 0.438 e. The SMILES string of the molecule is COc1cccc(C2=NN(C(=O)COc3ccc(C(C)(C)c4ccccc4)cc3)[C@](O)(C(F)(F)F)C2)c1. The highest BCUT2D eigenvalue weighted by atomic mass is 19.4. The minimum absolute atomic E-state index is 0.0642. The number of carbonyl (C=O) groups is 1. The summed E-state index contributed by atoms with van der Waals surface area (Å²) in [7, 11) is 1.42. The van der Waals surface area contributed by atoms with Gasteiger partial charge in [0.05, 0.1) is 19.2 Å². The van der Waals surface area contributed by atoms with Crippen LogP contribution in [0.1, 0.15) is 37.0 Å². The van der Waals surface area contributed by atoms with E-state index in [1.165, 1.54) is 19.2 Å². The van der Waals surface area contributed by atoms with Crippen LogP contribution >= 0.6 is 0 Å². The van der Waals surface area contributed by atoms with Crippen molar-refractivity contribution < 1.29 is 32.5 Å². The van der Waals surface area contributed by atoms with Crippen LogP contribution in [-0.2, 0) is 10.2 Å². The Kier molecular flexibility index (Phi) is 7.01. The number of benzene rings is 3. The topological polar surface area (TPSA) is 71.4 Å². The number of amides is 1. The lowest BCUT2D eigenvalue weighted by Gasteiger charge is -2.32. The quantitative estimate of drug-likeness (QED) is 0.467. The van der Waals surface area contributed by atoms with E-state index in [1.54, 1.807) is 24.3 Å². The van der Waals surface area contributed by atoms with Crippen molar-refractivity contribution in [3.63, 3.8) is 0 Å². The molecule has 0 saturated heterocycles. The van der Waals surface area contributed by atoms with Crippen LogP contribution in [0.4, 0.5) is 13.2 Å². The van der Waals surface area contributed by atoms with Crippen molar-refractivity contribution in [1.82, 2.24) is 5.01 Å². The fraction of sp³-hybridized carbons (Fsp3) is 0.286. The van der Waals surface area contributed by atoms with Gasteiger partial charge in [-0.3, -0.25) is 4.79 Å². The van der Waals surface area contributed by atoms with E-state index in [4.69, 9.17) is 9.47 Å². The van der Waals surface area contributed by atoms with Crippen LogP contribution in [0.5, 0.6) is 11.5 Å². The number of hydrogen-bond donors (Lipinski definition) is 1. The Morgan fingerprint density at radius 1 is 0.973 bits per heavy atom. The molecule has 1 N–H and O–H groups in total. The molecule has 1 heterocycles. The van der Waals surface area contributed by atoms with Gasteiger partial charge in [0.25, 0.3) is 11.6 Å². The molecule has 1 aliphatic rings. The predicted molar refractivity (Wildman–Crippen MR) is 133 cm³/mol. The van der Waals surface area contributed by atoms with Crippen molar-refractivity contribution in [3.05, 3.63) is 95.6 Å². The Morgan fingerprint density at radius 3 is 2.24 bits per heavy atom. The third-order valence-corrected chi connectivity index (χ3v) is 6.51. The lowest BCUT2D eigenvalue weighted by Crippen LogP contribution is -2.57. The molecule has 0 fully saturated rings. The maximum absolute atomic E-state index is 13.9. The number of hydrazone groups is 1. The molecule has 37 heavy (non-hydrogen) atoms. The van der Waals surface area contributed by atoms with Gasteiger partial charge in [-0.25, -0.2) is 0 Å². The van der Waals surface area contributed by atoms with Gasteiger partial charge in [-0.05, 0) is 35.4 Å².